The van der Waals surface area contributed by atoms with Crippen LogP contribution < -0.4 is 10.6 Å². The number of halogens is 1. The van der Waals surface area contributed by atoms with Crippen LogP contribution in [-0.4, -0.2) is 43.3 Å². The molecule has 0 amide bonds. The van der Waals surface area contributed by atoms with Crippen LogP contribution in [0.4, 0.5) is 10.3 Å². The summed E-state index contributed by atoms with van der Waals surface area (Å²) in [5.74, 6) is 0.00344. The van der Waals surface area contributed by atoms with E-state index in [1.54, 1.807) is 7.11 Å². The molecule has 0 saturated heterocycles. The number of methoxy groups -OCH3 is 1. The maximum absolute atomic E-state index is 12.4. The predicted molar refractivity (Wildman–Crippen MR) is 55.2 cm³/mol. The lowest BCUT2D eigenvalue weighted by Gasteiger charge is -2.05. The summed E-state index contributed by atoms with van der Waals surface area (Å²) in [7, 11) is 1.66. The minimum Gasteiger partial charge on any atom is -0.383 e. The van der Waals surface area contributed by atoms with Crippen molar-refractivity contribution in [1.82, 2.24) is 15.3 Å². The highest BCUT2D eigenvalue weighted by atomic mass is 19.1. The van der Waals surface area contributed by atoms with Crippen LogP contribution in [0.3, 0.4) is 0 Å². The number of hydrogen-bond donors (Lipinski definition) is 2. The van der Waals surface area contributed by atoms with Gasteiger partial charge < -0.3 is 15.4 Å². The van der Waals surface area contributed by atoms with Gasteiger partial charge in [0.15, 0.2) is 5.82 Å². The molecular formula is C9H15FN4O. The molecule has 0 bridgehead atoms. The van der Waals surface area contributed by atoms with Crippen molar-refractivity contribution in [2.24, 2.45) is 0 Å². The molecule has 0 fully saturated rings. The van der Waals surface area contributed by atoms with Crippen molar-refractivity contribution in [1.29, 1.82) is 0 Å². The quantitative estimate of drug-likeness (QED) is 0.638. The van der Waals surface area contributed by atoms with Gasteiger partial charge in [-0.05, 0) is 0 Å². The smallest absolute Gasteiger partial charge is 0.222 e. The van der Waals surface area contributed by atoms with Gasteiger partial charge in [0.25, 0.3) is 0 Å². The van der Waals surface area contributed by atoms with Crippen LogP contribution in [0.25, 0.3) is 0 Å². The second-order valence-corrected chi connectivity index (χ2v) is 2.89. The molecule has 0 aliphatic carbocycles. The summed E-state index contributed by atoms with van der Waals surface area (Å²) in [4.78, 5) is 7.53. The van der Waals surface area contributed by atoms with Crippen LogP contribution >= 0.6 is 0 Å². The van der Waals surface area contributed by atoms with Gasteiger partial charge in [-0.1, -0.05) is 0 Å². The minimum absolute atomic E-state index is 0.432. The third-order valence-corrected chi connectivity index (χ3v) is 1.69. The summed E-state index contributed by atoms with van der Waals surface area (Å²) in [6.45, 7) is 2.97. The van der Waals surface area contributed by atoms with Crippen LogP contribution in [0.5, 0.6) is 0 Å². The van der Waals surface area contributed by atoms with E-state index in [4.69, 9.17) is 4.74 Å². The first-order chi connectivity index (χ1) is 7.33. The van der Waals surface area contributed by atoms with Crippen LogP contribution in [-0.2, 0) is 4.74 Å². The van der Waals surface area contributed by atoms with Crippen molar-refractivity contribution in [3.05, 3.63) is 18.2 Å². The minimum atomic E-state index is -0.432. The number of aromatic nitrogens is 2. The molecule has 1 rings (SSSR count). The number of nitrogens with one attached hydrogen (secondary N) is 2. The zero-order valence-corrected chi connectivity index (χ0v) is 8.66. The maximum atomic E-state index is 12.4. The van der Waals surface area contributed by atoms with Gasteiger partial charge in [-0.2, -0.15) is 0 Å². The molecule has 0 radical (unpaired) electrons. The molecule has 84 valence electrons. The first-order valence-corrected chi connectivity index (χ1v) is 4.74. The maximum Gasteiger partial charge on any atom is 0.222 e. The van der Waals surface area contributed by atoms with Gasteiger partial charge in [0.1, 0.15) is 0 Å². The highest BCUT2D eigenvalue weighted by Gasteiger charge is 1.94. The molecule has 0 unspecified atom stereocenters. The molecule has 6 heteroatoms. The van der Waals surface area contributed by atoms with Crippen molar-refractivity contribution in [3.63, 3.8) is 0 Å². The molecule has 0 aliphatic rings. The standard InChI is InChI=1S/C9H15FN4O/c1-15-5-4-11-2-3-12-9-13-6-8(10)7-14-9/h6-7,11H,2-5H2,1H3,(H,12,13,14). The molecule has 5 nitrogen and oxygen atoms in total. The Morgan fingerprint density at radius 1 is 1.27 bits per heavy atom. The summed E-state index contributed by atoms with van der Waals surface area (Å²) < 4.78 is 17.3. The van der Waals surface area contributed by atoms with Crippen molar-refractivity contribution in [3.8, 4) is 0 Å². The van der Waals surface area contributed by atoms with E-state index in [-0.39, 0.29) is 0 Å². The SMILES string of the molecule is COCCNCCNc1ncc(F)cn1. The molecule has 15 heavy (non-hydrogen) atoms. The molecule has 1 aromatic rings. The largest absolute Gasteiger partial charge is 0.383 e. The molecule has 1 heterocycles. The van der Waals surface area contributed by atoms with Crippen LogP contribution in [0.2, 0.25) is 0 Å². The Bertz CT molecular complexity index is 267. The zero-order valence-electron chi connectivity index (χ0n) is 8.66. The van der Waals surface area contributed by atoms with Gasteiger partial charge in [-0.3, -0.25) is 0 Å². The Morgan fingerprint density at radius 2 is 2.00 bits per heavy atom. The first kappa shape index (κ1) is 11.8. The predicted octanol–water partition coefficient (Wildman–Crippen LogP) is 0.264. The number of hydrogen-bond acceptors (Lipinski definition) is 5. The van der Waals surface area contributed by atoms with E-state index in [1.807, 2.05) is 0 Å². The van der Waals surface area contributed by atoms with Gasteiger partial charge in [-0.25, -0.2) is 14.4 Å². The van der Waals surface area contributed by atoms with Crippen LogP contribution in [0.15, 0.2) is 12.4 Å². The molecule has 1 aromatic heterocycles. The Kier molecular flexibility index (Phi) is 5.57. The van der Waals surface area contributed by atoms with Gasteiger partial charge in [0, 0.05) is 26.7 Å². The van der Waals surface area contributed by atoms with E-state index in [0.717, 1.165) is 25.5 Å². The van der Waals surface area contributed by atoms with Gasteiger partial charge in [0.05, 0.1) is 19.0 Å². The Hall–Kier alpha value is -1.27. The molecule has 0 spiro atoms. The summed E-state index contributed by atoms with van der Waals surface area (Å²) in [5.41, 5.74) is 0. The van der Waals surface area contributed by atoms with E-state index >= 15 is 0 Å². The average Bonchev–Trinajstić information content (AvgIpc) is 2.26. The highest BCUT2D eigenvalue weighted by Crippen LogP contribution is 1.96. The number of anilines is 1. The Labute approximate surface area is 88.1 Å². The van der Waals surface area contributed by atoms with Crippen LogP contribution in [0, 0.1) is 5.82 Å². The third-order valence-electron chi connectivity index (χ3n) is 1.69. The Balaban J connectivity index is 2.07. The van der Waals surface area contributed by atoms with Crippen molar-refractivity contribution in [2.75, 3.05) is 38.7 Å². The lowest BCUT2D eigenvalue weighted by atomic mass is 10.5. The van der Waals surface area contributed by atoms with E-state index in [1.165, 1.54) is 0 Å². The van der Waals surface area contributed by atoms with Gasteiger partial charge >= 0.3 is 0 Å². The normalized spacial score (nSPS) is 10.3. The Morgan fingerprint density at radius 3 is 2.67 bits per heavy atom. The average molecular weight is 214 g/mol. The second kappa shape index (κ2) is 7.08. The summed E-state index contributed by atoms with van der Waals surface area (Å²) >= 11 is 0. The molecule has 0 aliphatic heterocycles. The van der Waals surface area contributed by atoms with Crippen molar-refractivity contribution in [2.45, 2.75) is 0 Å². The van der Waals surface area contributed by atoms with E-state index in [9.17, 15) is 4.39 Å². The lowest BCUT2D eigenvalue weighted by Crippen LogP contribution is -2.25. The first-order valence-electron chi connectivity index (χ1n) is 4.74. The highest BCUT2D eigenvalue weighted by molar-refractivity contribution is 5.22. The number of rotatable bonds is 7. The fraction of sp³-hybridized carbons (Fsp3) is 0.556. The van der Waals surface area contributed by atoms with Crippen molar-refractivity contribution >= 4 is 5.95 Å². The van der Waals surface area contributed by atoms with Gasteiger partial charge in [-0.15, -0.1) is 0 Å². The molecule has 0 atom stereocenters. The second-order valence-electron chi connectivity index (χ2n) is 2.89. The van der Waals surface area contributed by atoms with Crippen LogP contribution in [0.1, 0.15) is 0 Å². The monoisotopic (exact) mass is 214 g/mol. The summed E-state index contributed by atoms with van der Waals surface area (Å²) in [6, 6.07) is 0. The fourth-order valence-corrected chi connectivity index (χ4v) is 0.965. The van der Waals surface area contributed by atoms with E-state index < -0.39 is 5.82 Å². The molecule has 0 aromatic carbocycles. The third kappa shape index (κ3) is 5.24. The number of ether oxygens (including phenoxy) is 1. The zero-order chi connectivity index (χ0) is 10.9. The summed E-state index contributed by atoms with van der Waals surface area (Å²) in [6.07, 6.45) is 2.27. The van der Waals surface area contributed by atoms with Crippen molar-refractivity contribution < 1.29 is 9.13 Å². The topological polar surface area (TPSA) is 59.1 Å². The molecule has 2 N–H and O–H groups in total. The van der Waals surface area contributed by atoms with Gasteiger partial charge in [0.2, 0.25) is 5.95 Å². The fourth-order valence-electron chi connectivity index (χ4n) is 0.965. The van der Waals surface area contributed by atoms with E-state index in [2.05, 4.69) is 20.6 Å². The number of nitrogens with zero attached hydrogens (tertiary/aromatic N) is 2. The molecular weight excluding hydrogens is 199 g/mol. The molecule has 0 saturated carbocycles. The lowest BCUT2D eigenvalue weighted by molar-refractivity contribution is 0.200. The van der Waals surface area contributed by atoms with E-state index in [0.29, 0.717) is 19.1 Å². The summed E-state index contributed by atoms with van der Waals surface area (Å²) in [5, 5.41) is 6.11.